The first kappa shape index (κ1) is 22.4. The van der Waals surface area contributed by atoms with E-state index in [1.807, 2.05) is 56.0 Å². The number of likely N-dealkylation sites (N-methyl/N-ethyl adjacent to an activating group) is 2. The summed E-state index contributed by atoms with van der Waals surface area (Å²) in [6, 6.07) is 16.9. The highest BCUT2D eigenvalue weighted by Crippen LogP contribution is 2.14. The maximum Gasteiger partial charge on any atom is 0.280 e. The molecule has 0 bridgehead atoms. The molecule has 0 radical (unpaired) electrons. The number of carbonyl (C=O) groups excluding carboxylic acids is 2. The molecule has 2 aromatic carbocycles. The van der Waals surface area contributed by atoms with Gasteiger partial charge in [0.25, 0.3) is 11.8 Å². The second-order valence-corrected chi connectivity index (χ2v) is 7.02. The zero-order valence-corrected chi connectivity index (χ0v) is 17.8. The van der Waals surface area contributed by atoms with Crippen LogP contribution in [0.4, 0.5) is 5.69 Å². The lowest BCUT2D eigenvalue weighted by atomic mass is 10.1. The molecule has 0 fully saturated rings. The molecule has 2 N–H and O–H groups in total. The second kappa shape index (κ2) is 11.2. The van der Waals surface area contributed by atoms with E-state index in [1.54, 1.807) is 31.4 Å². The number of ether oxygens (including phenoxy) is 1. The minimum absolute atomic E-state index is 0.0606. The van der Waals surface area contributed by atoms with E-state index in [-0.39, 0.29) is 24.4 Å². The minimum atomic E-state index is -0.301. The second-order valence-electron chi connectivity index (χ2n) is 7.02. The number of benzene rings is 2. The topological polar surface area (TPSA) is 63.1 Å². The first-order chi connectivity index (χ1) is 14.0. The van der Waals surface area contributed by atoms with Crippen LogP contribution < -0.4 is 15.0 Å². The fourth-order valence-electron chi connectivity index (χ4n) is 3.27. The highest BCUT2D eigenvalue weighted by Gasteiger charge is 2.29. The third-order valence-electron chi connectivity index (χ3n) is 5.11. The molecule has 2 amide bonds. The van der Waals surface area contributed by atoms with Gasteiger partial charge in [-0.05, 0) is 50.6 Å². The molecule has 1 unspecified atom stereocenters. The molecule has 2 atom stereocenters. The Morgan fingerprint density at radius 2 is 1.72 bits per heavy atom. The normalized spacial score (nSPS) is 12.7. The fourth-order valence-corrected chi connectivity index (χ4v) is 3.27. The quantitative estimate of drug-likeness (QED) is 0.643. The molecule has 0 aliphatic rings. The Balaban J connectivity index is 1.97. The van der Waals surface area contributed by atoms with Crippen LogP contribution in [0.15, 0.2) is 54.6 Å². The smallest absolute Gasteiger partial charge is 0.280 e. The minimum Gasteiger partial charge on any atom is -0.497 e. The van der Waals surface area contributed by atoms with Gasteiger partial charge in [-0.2, -0.15) is 0 Å². The number of nitrogens with zero attached hydrogens (tertiary/aromatic N) is 1. The predicted octanol–water partition coefficient (Wildman–Crippen LogP) is 1.98. The van der Waals surface area contributed by atoms with E-state index in [4.69, 9.17) is 4.74 Å². The summed E-state index contributed by atoms with van der Waals surface area (Å²) in [6.07, 6.45) is 0. The van der Waals surface area contributed by atoms with Gasteiger partial charge in [-0.15, -0.1) is 0 Å². The van der Waals surface area contributed by atoms with Crippen LogP contribution in [-0.4, -0.2) is 49.5 Å². The molecule has 0 aliphatic carbocycles. The summed E-state index contributed by atoms with van der Waals surface area (Å²) in [5.74, 6) is 0.685. The molecule has 0 heterocycles. The van der Waals surface area contributed by atoms with Gasteiger partial charge < -0.3 is 19.9 Å². The molecular weight excluding hydrogens is 366 g/mol. The summed E-state index contributed by atoms with van der Waals surface area (Å²) in [5, 5.41) is 2.89. The van der Waals surface area contributed by atoms with Crippen molar-refractivity contribution >= 4 is 17.5 Å². The zero-order chi connectivity index (χ0) is 21.2. The molecule has 0 aliphatic heterocycles. The van der Waals surface area contributed by atoms with Crippen LogP contribution in [0.1, 0.15) is 26.3 Å². The average Bonchev–Trinajstić information content (AvgIpc) is 2.76. The number of carbonyl (C=O) groups is 2. The van der Waals surface area contributed by atoms with Crippen molar-refractivity contribution in [3.63, 3.8) is 0 Å². The molecule has 0 aromatic heterocycles. The molecule has 2 rings (SSSR count). The van der Waals surface area contributed by atoms with Crippen molar-refractivity contribution in [3.05, 3.63) is 60.2 Å². The van der Waals surface area contributed by atoms with Crippen LogP contribution in [-0.2, 0) is 16.1 Å². The Labute approximate surface area is 173 Å². The third kappa shape index (κ3) is 6.61. The van der Waals surface area contributed by atoms with E-state index in [0.29, 0.717) is 25.3 Å². The maximum atomic E-state index is 13.0. The highest BCUT2D eigenvalue weighted by molar-refractivity contribution is 5.91. The van der Waals surface area contributed by atoms with E-state index in [0.717, 1.165) is 16.2 Å². The van der Waals surface area contributed by atoms with E-state index in [9.17, 15) is 9.59 Å². The van der Waals surface area contributed by atoms with Gasteiger partial charge in [-0.25, -0.2) is 0 Å². The maximum absolute atomic E-state index is 13.0. The number of anilines is 1. The Kier molecular flexibility index (Phi) is 8.68. The van der Waals surface area contributed by atoms with Gasteiger partial charge in [-0.1, -0.05) is 30.3 Å². The molecule has 6 nitrogen and oxygen atoms in total. The van der Waals surface area contributed by atoms with Crippen molar-refractivity contribution < 1.29 is 19.2 Å². The molecule has 2 aromatic rings. The van der Waals surface area contributed by atoms with Gasteiger partial charge >= 0.3 is 0 Å². The van der Waals surface area contributed by atoms with Crippen LogP contribution in [0, 0.1) is 0 Å². The number of hydrogen-bond acceptors (Lipinski definition) is 3. The number of nitrogens with one attached hydrogen (secondary N) is 2. The standard InChI is InChI=1S/C23H31N3O3/c1-5-25(17-22(27)24-20-12-14-21(29-4)15-13-20)18(3)23(28)26(6-2)16-19-10-8-7-9-11-19/h7-15,18H,5-6,16-17H2,1-4H3,(H,24,27)/p+1/t18-/m1/s1. The van der Waals surface area contributed by atoms with E-state index in [1.165, 1.54) is 0 Å². The van der Waals surface area contributed by atoms with E-state index in [2.05, 4.69) is 5.32 Å². The van der Waals surface area contributed by atoms with Crippen molar-refractivity contribution in [2.45, 2.75) is 33.4 Å². The Hall–Kier alpha value is -2.86. The van der Waals surface area contributed by atoms with Crippen molar-refractivity contribution in [1.82, 2.24) is 4.90 Å². The Bertz CT molecular complexity index is 778. The molecule has 0 saturated carbocycles. The van der Waals surface area contributed by atoms with E-state index >= 15 is 0 Å². The van der Waals surface area contributed by atoms with Gasteiger partial charge in [0.05, 0.1) is 13.7 Å². The molecule has 156 valence electrons. The first-order valence-corrected chi connectivity index (χ1v) is 10.1. The number of hydrogen-bond donors (Lipinski definition) is 2. The van der Waals surface area contributed by atoms with Crippen molar-refractivity contribution in [2.24, 2.45) is 0 Å². The lowest BCUT2D eigenvalue weighted by molar-refractivity contribution is -0.904. The summed E-state index contributed by atoms with van der Waals surface area (Å²) in [4.78, 5) is 28.3. The molecular formula is C23H32N3O3+. The van der Waals surface area contributed by atoms with Crippen LogP contribution in [0.3, 0.4) is 0 Å². The summed E-state index contributed by atoms with van der Waals surface area (Å²) in [5.41, 5.74) is 1.81. The van der Waals surface area contributed by atoms with Crippen LogP contribution in [0.5, 0.6) is 5.75 Å². The summed E-state index contributed by atoms with van der Waals surface area (Å²) >= 11 is 0. The Morgan fingerprint density at radius 1 is 1.07 bits per heavy atom. The summed E-state index contributed by atoms with van der Waals surface area (Å²) < 4.78 is 5.13. The molecule has 6 heteroatoms. The van der Waals surface area contributed by atoms with Crippen LogP contribution >= 0.6 is 0 Å². The van der Waals surface area contributed by atoms with Gasteiger partial charge in [0.1, 0.15) is 5.75 Å². The summed E-state index contributed by atoms with van der Waals surface area (Å²) in [7, 11) is 1.60. The molecule has 0 spiro atoms. The predicted molar refractivity (Wildman–Crippen MR) is 115 cm³/mol. The molecule has 0 saturated heterocycles. The lowest BCUT2D eigenvalue weighted by Gasteiger charge is -2.29. The monoisotopic (exact) mass is 398 g/mol. The van der Waals surface area contributed by atoms with Crippen LogP contribution in [0.2, 0.25) is 0 Å². The highest BCUT2D eigenvalue weighted by atomic mass is 16.5. The van der Waals surface area contributed by atoms with Crippen LogP contribution in [0.25, 0.3) is 0 Å². The number of methoxy groups -OCH3 is 1. The van der Waals surface area contributed by atoms with E-state index < -0.39 is 0 Å². The SMILES string of the molecule is CCN(Cc1ccccc1)C(=O)[C@@H](C)[NH+](CC)CC(=O)Nc1ccc(OC)cc1. The number of amides is 2. The first-order valence-electron chi connectivity index (χ1n) is 10.1. The Morgan fingerprint density at radius 3 is 2.28 bits per heavy atom. The van der Waals surface area contributed by atoms with Crippen molar-refractivity contribution in [3.8, 4) is 5.75 Å². The van der Waals surface area contributed by atoms with Gasteiger partial charge in [-0.3, -0.25) is 9.59 Å². The zero-order valence-electron chi connectivity index (χ0n) is 17.8. The molecule has 29 heavy (non-hydrogen) atoms. The lowest BCUT2D eigenvalue weighted by Crippen LogP contribution is -3.17. The fraction of sp³-hybridized carbons (Fsp3) is 0.391. The largest absolute Gasteiger partial charge is 0.497 e. The van der Waals surface area contributed by atoms with Gasteiger partial charge in [0.15, 0.2) is 12.6 Å². The van der Waals surface area contributed by atoms with Gasteiger partial charge in [0.2, 0.25) is 0 Å². The average molecular weight is 399 g/mol. The van der Waals surface area contributed by atoms with Gasteiger partial charge in [0, 0.05) is 18.8 Å². The number of rotatable bonds is 10. The number of quaternary nitrogens is 1. The van der Waals surface area contributed by atoms with Crippen molar-refractivity contribution in [1.29, 1.82) is 0 Å². The summed E-state index contributed by atoms with van der Waals surface area (Å²) in [6.45, 7) is 8.01. The third-order valence-corrected chi connectivity index (χ3v) is 5.11. The van der Waals surface area contributed by atoms with Crippen molar-refractivity contribution in [2.75, 3.05) is 32.1 Å².